The van der Waals surface area contributed by atoms with Crippen molar-refractivity contribution in [1.82, 2.24) is 20.3 Å². The lowest BCUT2D eigenvalue weighted by Gasteiger charge is -2.23. The third-order valence-electron chi connectivity index (χ3n) is 6.42. The first-order valence-corrected chi connectivity index (χ1v) is 12.2. The van der Waals surface area contributed by atoms with Gasteiger partial charge in [0.25, 0.3) is 0 Å². The monoisotopic (exact) mass is 458 g/mol. The summed E-state index contributed by atoms with van der Waals surface area (Å²) in [6, 6.07) is 5.54. The van der Waals surface area contributed by atoms with E-state index in [1.165, 1.54) is 38.9 Å². The minimum atomic E-state index is -0.455. The molecule has 33 heavy (non-hydrogen) atoms. The number of hydrogen-bond donors (Lipinski definition) is 3. The Balaban J connectivity index is 1.56. The van der Waals surface area contributed by atoms with E-state index in [-0.39, 0.29) is 23.9 Å². The molecule has 1 saturated heterocycles. The van der Waals surface area contributed by atoms with Crippen molar-refractivity contribution < 1.29 is 13.9 Å². The summed E-state index contributed by atoms with van der Waals surface area (Å²) in [7, 11) is 1.44. The van der Waals surface area contributed by atoms with Gasteiger partial charge >= 0.3 is 6.01 Å². The molecule has 1 saturated carbocycles. The van der Waals surface area contributed by atoms with Crippen LogP contribution in [0.3, 0.4) is 0 Å². The van der Waals surface area contributed by atoms with Gasteiger partial charge in [0, 0.05) is 23.8 Å². The molecule has 2 atom stereocenters. The molecule has 0 bridgehead atoms. The molecular formula is C24H35FN6O2. The van der Waals surface area contributed by atoms with Crippen LogP contribution in [0.2, 0.25) is 0 Å². The largest absolute Gasteiger partial charge is 0.494 e. The molecule has 180 valence electrons. The van der Waals surface area contributed by atoms with Gasteiger partial charge in [0.2, 0.25) is 11.9 Å². The molecular weight excluding hydrogens is 423 g/mol. The quantitative estimate of drug-likeness (QED) is 0.461. The molecule has 4 rings (SSSR count). The molecule has 9 heteroatoms. The van der Waals surface area contributed by atoms with E-state index < -0.39 is 5.82 Å². The molecule has 3 N–H and O–H groups in total. The van der Waals surface area contributed by atoms with Crippen molar-refractivity contribution in [2.24, 2.45) is 0 Å². The van der Waals surface area contributed by atoms with Crippen LogP contribution in [-0.4, -0.2) is 46.8 Å². The number of methoxy groups -OCH3 is 1. The van der Waals surface area contributed by atoms with Crippen LogP contribution in [0.1, 0.15) is 64.7 Å². The fourth-order valence-electron chi connectivity index (χ4n) is 4.62. The lowest BCUT2D eigenvalue weighted by atomic mass is 10.1. The van der Waals surface area contributed by atoms with Crippen LogP contribution in [0.4, 0.5) is 22.0 Å². The Morgan fingerprint density at radius 2 is 1.85 bits per heavy atom. The van der Waals surface area contributed by atoms with Crippen LogP contribution in [0.5, 0.6) is 11.8 Å². The average molecular weight is 459 g/mol. The SMILES string of the molecule is CCC(Oc1nc(Nc2ccc(OC)c(F)c2)nc(NC2CCCCCC2)n1)C1CCCN1. The van der Waals surface area contributed by atoms with Gasteiger partial charge in [0.1, 0.15) is 6.10 Å². The second-order valence-electron chi connectivity index (χ2n) is 8.84. The molecule has 2 unspecified atom stereocenters. The minimum Gasteiger partial charge on any atom is -0.494 e. The van der Waals surface area contributed by atoms with Crippen molar-refractivity contribution in [3.8, 4) is 11.8 Å². The van der Waals surface area contributed by atoms with E-state index in [0.29, 0.717) is 23.6 Å². The topological polar surface area (TPSA) is 93.2 Å². The summed E-state index contributed by atoms with van der Waals surface area (Å²) in [5.41, 5.74) is 0.523. The number of aromatic nitrogens is 3. The number of benzene rings is 1. The summed E-state index contributed by atoms with van der Waals surface area (Å²) in [5, 5.41) is 10.1. The van der Waals surface area contributed by atoms with E-state index in [9.17, 15) is 4.39 Å². The maximum atomic E-state index is 14.2. The highest BCUT2D eigenvalue weighted by Gasteiger charge is 2.26. The molecule has 2 aliphatic rings. The summed E-state index contributed by atoms with van der Waals surface area (Å²) < 4.78 is 25.4. The van der Waals surface area contributed by atoms with Crippen LogP contribution in [-0.2, 0) is 0 Å². The van der Waals surface area contributed by atoms with Crippen LogP contribution in [0, 0.1) is 5.82 Å². The number of ether oxygens (including phenoxy) is 2. The summed E-state index contributed by atoms with van der Waals surface area (Å²) in [6.07, 6.45) is 10.2. The van der Waals surface area contributed by atoms with Crippen molar-refractivity contribution in [1.29, 1.82) is 0 Å². The maximum absolute atomic E-state index is 14.2. The van der Waals surface area contributed by atoms with Gasteiger partial charge in [-0.15, -0.1) is 0 Å². The van der Waals surface area contributed by atoms with Crippen molar-refractivity contribution in [2.75, 3.05) is 24.3 Å². The van der Waals surface area contributed by atoms with Gasteiger partial charge in [-0.1, -0.05) is 32.6 Å². The van der Waals surface area contributed by atoms with Crippen LogP contribution < -0.4 is 25.4 Å². The molecule has 8 nitrogen and oxygen atoms in total. The molecule has 0 amide bonds. The predicted octanol–water partition coefficient (Wildman–Crippen LogP) is 4.81. The normalized spacial score (nSPS) is 20.2. The Labute approximate surface area is 195 Å². The van der Waals surface area contributed by atoms with Crippen LogP contribution >= 0.6 is 0 Å². The van der Waals surface area contributed by atoms with Gasteiger partial charge in [-0.2, -0.15) is 15.0 Å². The lowest BCUT2D eigenvalue weighted by molar-refractivity contribution is 0.143. The number of nitrogens with zero attached hydrogens (tertiary/aromatic N) is 3. The molecule has 0 radical (unpaired) electrons. The zero-order valence-corrected chi connectivity index (χ0v) is 19.6. The number of anilines is 3. The minimum absolute atomic E-state index is 0.0214. The van der Waals surface area contributed by atoms with E-state index in [4.69, 9.17) is 9.47 Å². The zero-order chi connectivity index (χ0) is 23.0. The van der Waals surface area contributed by atoms with Crippen molar-refractivity contribution in [3.05, 3.63) is 24.0 Å². The van der Waals surface area contributed by atoms with E-state index in [1.54, 1.807) is 12.1 Å². The highest BCUT2D eigenvalue weighted by Crippen LogP contribution is 2.26. The molecule has 2 aromatic rings. The number of nitrogens with one attached hydrogen (secondary N) is 3. The van der Waals surface area contributed by atoms with E-state index in [2.05, 4.69) is 37.8 Å². The van der Waals surface area contributed by atoms with Gasteiger partial charge in [-0.25, -0.2) is 4.39 Å². The zero-order valence-electron chi connectivity index (χ0n) is 19.6. The molecule has 2 fully saturated rings. The standard InChI is InChI=1S/C24H35FN6O2/c1-3-20(19-11-8-14-26-19)33-24-30-22(27-16-9-6-4-5-7-10-16)29-23(31-24)28-17-12-13-21(32-2)18(25)15-17/h12-13,15-16,19-20,26H,3-11,14H2,1-2H3,(H2,27,28,29,30,31). The number of halogens is 1. The number of rotatable bonds is 9. The van der Waals surface area contributed by atoms with Gasteiger partial charge in [0.05, 0.1) is 7.11 Å². The van der Waals surface area contributed by atoms with E-state index in [0.717, 1.165) is 38.6 Å². The Hall–Kier alpha value is -2.68. The Morgan fingerprint density at radius 1 is 1.06 bits per heavy atom. The average Bonchev–Trinajstić information content (AvgIpc) is 3.22. The van der Waals surface area contributed by atoms with E-state index in [1.807, 2.05) is 0 Å². The smallest absolute Gasteiger partial charge is 0.323 e. The molecule has 1 aliphatic carbocycles. The van der Waals surface area contributed by atoms with Crippen LogP contribution in [0.15, 0.2) is 18.2 Å². The second kappa shape index (κ2) is 11.4. The van der Waals surface area contributed by atoms with Crippen molar-refractivity contribution in [3.63, 3.8) is 0 Å². The molecule has 1 aromatic heterocycles. The first-order valence-electron chi connectivity index (χ1n) is 12.2. The summed E-state index contributed by atoms with van der Waals surface area (Å²) in [4.78, 5) is 13.6. The fourth-order valence-corrected chi connectivity index (χ4v) is 4.62. The molecule has 1 aliphatic heterocycles. The van der Waals surface area contributed by atoms with Crippen molar-refractivity contribution >= 4 is 17.6 Å². The van der Waals surface area contributed by atoms with Gasteiger partial charge in [-0.05, 0) is 50.8 Å². The molecule has 0 spiro atoms. The Kier molecular flexibility index (Phi) is 8.15. The summed E-state index contributed by atoms with van der Waals surface area (Å²) in [6.45, 7) is 3.11. The van der Waals surface area contributed by atoms with Gasteiger partial charge < -0.3 is 25.4 Å². The first kappa shape index (κ1) is 23.5. The highest BCUT2D eigenvalue weighted by molar-refractivity contribution is 5.56. The second-order valence-corrected chi connectivity index (χ2v) is 8.84. The molecule has 1 aromatic carbocycles. The highest BCUT2D eigenvalue weighted by atomic mass is 19.1. The Bertz CT molecular complexity index is 901. The van der Waals surface area contributed by atoms with Gasteiger partial charge in [0.15, 0.2) is 11.6 Å². The Morgan fingerprint density at radius 3 is 2.52 bits per heavy atom. The first-order chi connectivity index (χ1) is 16.1. The fraction of sp³-hybridized carbons (Fsp3) is 0.625. The number of hydrogen-bond acceptors (Lipinski definition) is 8. The third kappa shape index (κ3) is 6.43. The molecule has 2 heterocycles. The third-order valence-corrected chi connectivity index (χ3v) is 6.42. The summed E-state index contributed by atoms with van der Waals surface area (Å²) in [5.74, 6) is 0.529. The predicted molar refractivity (Wildman–Crippen MR) is 127 cm³/mol. The lowest BCUT2D eigenvalue weighted by Crippen LogP contribution is -2.38. The van der Waals surface area contributed by atoms with Crippen LogP contribution in [0.25, 0.3) is 0 Å². The van der Waals surface area contributed by atoms with E-state index >= 15 is 0 Å². The van der Waals surface area contributed by atoms with Crippen molar-refractivity contribution in [2.45, 2.75) is 82.9 Å². The van der Waals surface area contributed by atoms with Gasteiger partial charge in [-0.3, -0.25) is 0 Å². The summed E-state index contributed by atoms with van der Waals surface area (Å²) >= 11 is 0. The maximum Gasteiger partial charge on any atom is 0.323 e.